The molecule has 0 unspecified atom stereocenters. The van der Waals surface area contributed by atoms with Crippen LogP contribution in [0.2, 0.25) is 0 Å². The summed E-state index contributed by atoms with van der Waals surface area (Å²) in [6, 6.07) is 1.75. The van der Waals surface area contributed by atoms with Crippen molar-refractivity contribution in [3.05, 3.63) is 28.1 Å². The zero-order chi connectivity index (χ0) is 12.3. The molecule has 0 aliphatic heterocycles. The summed E-state index contributed by atoms with van der Waals surface area (Å²) in [7, 11) is 0. The van der Waals surface area contributed by atoms with Gasteiger partial charge in [0, 0.05) is 6.54 Å². The van der Waals surface area contributed by atoms with Crippen molar-refractivity contribution < 1.29 is 9.53 Å². The van der Waals surface area contributed by atoms with Gasteiger partial charge in [-0.2, -0.15) is 0 Å². The molecule has 0 spiro atoms. The SMILES string of the molecule is CCOC(=O)CCn1cnc2sccc2c1=O. The van der Waals surface area contributed by atoms with Crippen molar-refractivity contribution in [2.45, 2.75) is 19.9 Å². The van der Waals surface area contributed by atoms with Crippen LogP contribution in [0.5, 0.6) is 0 Å². The monoisotopic (exact) mass is 252 g/mol. The third-order valence-corrected chi connectivity index (χ3v) is 3.13. The van der Waals surface area contributed by atoms with Crippen LogP contribution in [0, 0.1) is 0 Å². The van der Waals surface area contributed by atoms with Crippen LogP contribution in [0.25, 0.3) is 10.2 Å². The van der Waals surface area contributed by atoms with Gasteiger partial charge in [-0.05, 0) is 18.4 Å². The Morgan fingerprint density at radius 2 is 2.41 bits per heavy atom. The Hall–Kier alpha value is -1.69. The van der Waals surface area contributed by atoms with Crippen molar-refractivity contribution >= 4 is 27.5 Å². The predicted molar refractivity (Wildman–Crippen MR) is 65.1 cm³/mol. The van der Waals surface area contributed by atoms with Crippen LogP contribution in [-0.4, -0.2) is 22.1 Å². The number of aryl methyl sites for hydroxylation is 1. The van der Waals surface area contributed by atoms with Crippen molar-refractivity contribution in [3.8, 4) is 0 Å². The number of esters is 1. The number of hydrogen-bond acceptors (Lipinski definition) is 5. The van der Waals surface area contributed by atoms with Gasteiger partial charge in [0.25, 0.3) is 5.56 Å². The summed E-state index contributed by atoms with van der Waals surface area (Å²) in [6.07, 6.45) is 1.66. The van der Waals surface area contributed by atoms with E-state index in [1.165, 1.54) is 22.2 Å². The van der Waals surface area contributed by atoms with Crippen LogP contribution < -0.4 is 5.56 Å². The number of aromatic nitrogens is 2. The maximum atomic E-state index is 11.9. The average molecular weight is 252 g/mol. The minimum absolute atomic E-state index is 0.111. The Morgan fingerprint density at radius 3 is 3.18 bits per heavy atom. The van der Waals surface area contributed by atoms with Gasteiger partial charge in [0.15, 0.2) is 0 Å². The second-order valence-corrected chi connectivity index (χ2v) is 4.33. The summed E-state index contributed by atoms with van der Waals surface area (Å²) in [4.78, 5) is 28.0. The predicted octanol–water partition coefficient (Wildman–Crippen LogP) is 1.41. The van der Waals surface area contributed by atoms with Gasteiger partial charge in [-0.15, -0.1) is 11.3 Å². The van der Waals surface area contributed by atoms with E-state index in [1.807, 2.05) is 5.38 Å². The van der Waals surface area contributed by atoms with Gasteiger partial charge >= 0.3 is 5.97 Å². The highest BCUT2D eigenvalue weighted by Gasteiger charge is 2.07. The molecule has 17 heavy (non-hydrogen) atoms. The lowest BCUT2D eigenvalue weighted by molar-refractivity contribution is -0.143. The molecule has 0 fully saturated rings. The molecule has 0 atom stereocenters. The van der Waals surface area contributed by atoms with E-state index in [2.05, 4.69) is 4.98 Å². The number of carbonyl (C=O) groups is 1. The number of fused-ring (bicyclic) bond motifs is 1. The largest absolute Gasteiger partial charge is 0.466 e. The zero-order valence-corrected chi connectivity index (χ0v) is 10.2. The van der Waals surface area contributed by atoms with Crippen molar-refractivity contribution in [1.82, 2.24) is 9.55 Å². The fourth-order valence-electron chi connectivity index (χ4n) is 1.50. The molecular weight excluding hydrogens is 240 g/mol. The number of nitrogens with zero attached hydrogens (tertiary/aromatic N) is 2. The molecule has 0 aliphatic carbocycles. The second kappa shape index (κ2) is 5.09. The van der Waals surface area contributed by atoms with Crippen LogP contribution in [0.15, 0.2) is 22.6 Å². The number of ether oxygens (including phenoxy) is 1. The van der Waals surface area contributed by atoms with Crippen LogP contribution in [0.3, 0.4) is 0 Å². The number of hydrogen-bond donors (Lipinski definition) is 0. The lowest BCUT2D eigenvalue weighted by Gasteiger charge is -2.04. The molecular formula is C11H12N2O3S. The van der Waals surface area contributed by atoms with Crippen LogP contribution in [0.4, 0.5) is 0 Å². The molecule has 0 saturated heterocycles. The zero-order valence-electron chi connectivity index (χ0n) is 9.38. The third-order valence-electron chi connectivity index (χ3n) is 2.31. The topological polar surface area (TPSA) is 61.2 Å². The molecule has 6 heteroatoms. The Kier molecular flexibility index (Phi) is 3.53. The van der Waals surface area contributed by atoms with Gasteiger partial charge in [-0.25, -0.2) is 4.98 Å². The molecule has 0 amide bonds. The minimum Gasteiger partial charge on any atom is -0.466 e. The van der Waals surface area contributed by atoms with Crippen LogP contribution >= 0.6 is 11.3 Å². The normalized spacial score (nSPS) is 10.6. The first-order valence-electron chi connectivity index (χ1n) is 5.30. The Morgan fingerprint density at radius 1 is 1.59 bits per heavy atom. The van der Waals surface area contributed by atoms with Gasteiger partial charge in [0.1, 0.15) is 4.83 Å². The molecule has 2 heterocycles. The van der Waals surface area contributed by atoms with Crippen molar-refractivity contribution in [1.29, 1.82) is 0 Å². The summed E-state index contributed by atoms with van der Waals surface area (Å²) < 4.78 is 6.24. The first-order chi connectivity index (χ1) is 8.22. The summed E-state index contributed by atoms with van der Waals surface area (Å²) in [5.41, 5.74) is -0.111. The Balaban J connectivity index is 2.16. The van der Waals surface area contributed by atoms with E-state index < -0.39 is 0 Å². The molecule has 2 aromatic rings. The van der Waals surface area contributed by atoms with E-state index in [0.717, 1.165) is 4.83 Å². The molecule has 90 valence electrons. The Labute approximate surface area is 102 Å². The molecule has 2 aromatic heterocycles. The smallest absolute Gasteiger partial charge is 0.307 e. The lowest BCUT2D eigenvalue weighted by Crippen LogP contribution is -2.21. The highest BCUT2D eigenvalue weighted by molar-refractivity contribution is 7.16. The second-order valence-electron chi connectivity index (χ2n) is 3.44. The first-order valence-corrected chi connectivity index (χ1v) is 6.18. The van der Waals surface area contributed by atoms with E-state index in [-0.39, 0.29) is 17.9 Å². The summed E-state index contributed by atoms with van der Waals surface area (Å²) in [5.74, 6) is -0.301. The van der Waals surface area contributed by atoms with E-state index >= 15 is 0 Å². The summed E-state index contributed by atoms with van der Waals surface area (Å²) >= 11 is 1.43. The third kappa shape index (κ3) is 2.52. The van der Waals surface area contributed by atoms with Gasteiger partial charge < -0.3 is 4.74 Å². The molecule has 5 nitrogen and oxygen atoms in total. The molecule has 0 bridgehead atoms. The van der Waals surface area contributed by atoms with Crippen LogP contribution in [0.1, 0.15) is 13.3 Å². The molecule has 0 aromatic carbocycles. The average Bonchev–Trinajstić information content (AvgIpc) is 2.77. The number of rotatable bonds is 4. The minimum atomic E-state index is -0.301. The highest BCUT2D eigenvalue weighted by atomic mass is 32.1. The standard InChI is InChI=1S/C11H12N2O3S/c1-2-16-9(14)3-5-13-7-12-10-8(11(13)15)4-6-17-10/h4,6-7H,2-3,5H2,1H3. The first kappa shape index (κ1) is 11.8. The number of thiophene rings is 1. The maximum absolute atomic E-state index is 11.9. The van der Waals surface area contributed by atoms with E-state index in [9.17, 15) is 9.59 Å². The summed E-state index contributed by atoms with van der Waals surface area (Å²) in [6.45, 7) is 2.41. The van der Waals surface area contributed by atoms with Crippen molar-refractivity contribution in [2.75, 3.05) is 6.61 Å². The van der Waals surface area contributed by atoms with Gasteiger partial charge in [-0.1, -0.05) is 0 Å². The molecule has 0 radical (unpaired) electrons. The molecule has 0 N–H and O–H groups in total. The van der Waals surface area contributed by atoms with Gasteiger partial charge in [-0.3, -0.25) is 14.2 Å². The fraction of sp³-hybridized carbons (Fsp3) is 0.364. The Bertz CT molecular complexity index is 588. The van der Waals surface area contributed by atoms with E-state index in [1.54, 1.807) is 13.0 Å². The quantitative estimate of drug-likeness (QED) is 0.772. The summed E-state index contributed by atoms with van der Waals surface area (Å²) in [5, 5.41) is 2.43. The van der Waals surface area contributed by atoms with Gasteiger partial charge in [0.2, 0.25) is 0 Å². The van der Waals surface area contributed by atoms with Crippen molar-refractivity contribution in [2.24, 2.45) is 0 Å². The van der Waals surface area contributed by atoms with Crippen molar-refractivity contribution in [3.63, 3.8) is 0 Å². The molecule has 2 rings (SSSR count). The van der Waals surface area contributed by atoms with E-state index in [0.29, 0.717) is 18.5 Å². The fourth-order valence-corrected chi connectivity index (χ4v) is 2.22. The van der Waals surface area contributed by atoms with Crippen LogP contribution in [-0.2, 0) is 16.1 Å². The lowest BCUT2D eigenvalue weighted by atomic mass is 10.4. The van der Waals surface area contributed by atoms with E-state index in [4.69, 9.17) is 4.74 Å². The maximum Gasteiger partial charge on any atom is 0.307 e. The highest BCUT2D eigenvalue weighted by Crippen LogP contribution is 2.13. The molecule has 0 saturated carbocycles. The van der Waals surface area contributed by atoms with Gasteiger partial charge in [0.05, 0.1) is 24.7 Å². The molecule has 0 aliphatic rings. The number of carbonyl (C=O) groups excluding carboxylic acids is 1.